The molecular weight excluding hydrogens is 544 g/mol. The minimum atomic E-state index is -0.590. The summed E-state index contributed by atoms with van der Waals surface area (Å²) in [7, 11) is 1.35. The Labute approximate surface area is 249 Å². The van der Waals surface area contributed by atoms with Gasteiger partial charge in [0.15, 0.2) is 5.78 Å². The molecule has 0 radical (unpaired) electrons. The number of aryl methyl sites for hydroxylation is 1. The standard InChI is InChI=1S/C34H36N4O5/c1-8-19-14(2)21-13-26-28(18(6)39)16(4)23(36-26)11-22-15(3)20(9-10-27(40)43-7)31(37-22)30-32-29(33(41)34(30)42)17(5)24(38-32)12-25(19)35-21/h11-15,19-20,35,38H,8-10H2,1-7H3. The van der Waals surface area contributed by atoms with E-state index in [9.17, 15) is 19.2 Å². The van der Waals surface area contributed by atoms with Gasteiger partial charge in [0.05, 0.1) is 40.8 Å². The van der Waals surface area contributed by atoms with E-state index in [1.54, 1.807) is 6.92 Å². The van der Waals surface area contributed by atoms with Gasteiger partial charge >= 0.3 is 5.97 Å². The van der Waals surface area contributed by atoms with E-state index in [0.717, 1.165) is 28.9 Å². The molecule has 3 aliphatic heterocycles. The summed E-state index contributed by atoms with van der Waals surface area (Å²) >= 11 is 0. The molecular formula is C34H36N4O5. The van der Waals surface area contributed by atoms with Crippen LogP contribution in [0.2, 0.25) is 0 Å². The summed E-state index contributed by atoms with van der Waals surface area (Å²) in [5, 5.41) is 0. The van der Waals surface area contributed by atoms with Crippen molar-refractivity contribution in [3.63, 3.8) is 0 Å². The van der Waals surface area contributed by atoms with Crippen LogP contribution in [-0.2, 0) is 14.3 Å². The van der Waals surface area contributed by atoms with Crippen molar-refractivity contribution in [2.75, 3.05) is 7.11 Å². The van der Waals surface area contributed by atoms with Gasteiger partial charge in [0.1, 0.15) is 0 Å². The number of carbonyl (C=O) groups is 4. The third kappa shape index (κ3) is 4.36. The van der Waals surface area contributed by atoms with Crippen molar-refractivity contribution in [3.05, 3.63) is 69.1 Å². The summed E-state index contributed by atoms with van der Waals surface area (Å²) in [4.78, 5) is 68.9. The molecule has 5 heterocycles. The molecule has 2 aromatic heterocycles. The monoisotopic (exact) mass is 580 g/mol. The number of carbonyl (C=O) groups excluding carboxylic acids is 4. The SMILES string of the molecule is CCC1c2cc3[nH]c4c(c5nc(cc6nc(cc([nH]2)C1C)C(C(C)=O)=C6C)C(C)C5CCC(=O)OC)C(=O)C(=O)c4c3C. The lowest BCUT2D eigenvalue weighted by Crippen LogP contribution is -2.13. The van der Waals surface area contributed by atoms with E-state index in [2.05, 4.69) is 23.8 Å². The number of ketones is 3. The predicted molar refractivity (Wildman–Crippen MR) is 163 cm³/mol. The molecule has 0 fully saturated rings. The third-order valence-corrected chi connectivity index (χ3v) is 9.72. The first kappa shape index (κ1) is 28.7. The first-order valence-electron chi connectivity index (χ1n) is 14.9. The molecule has 1 aliphatic carbocycles. The number of hydrogen-bond donors (Lipinski definition) is 2. The Kier molecular flexibility index (Phi) is 6.94. The summed E-state index contributed by atoms with van der Waals surface area (Å²) in [6.07, 6.45) is 1.42. The van der Waals surface area contributed by atoms with Crippen LogP contribution in [0.1, 0.15) is 138 Å². The Morgan fingerprint density at radius 1 is 0.907 bits per heavy atom. The average molecular weight is 581 g/mol. The second kappa shape index (κ2) is 10.4. The van der Waals surface area contributed by atoms with Crippen LogP contribution in [0.15, 0.2) is 18.2 Å². The van der Waals surface area contributed by atoms with Gasteiger partial charge in [-0.2, -0.15) is 0 Å². The summed E-state index contributed by atoms with van der Waals surface area (Å²) in [6.45, 7) is 11.6. The fourth-order valence-corrected chi connectivity index (χ4v) is 7.21. The maximum Gasteiger partial charge on any atom is 0.305 e. The topological polar surface area (TPSA) is 135 Å². The molecule has 8 bridgehead atoms. The van der Waals surface area contributed by atoms with Crippen molar-refractivity contribution in [2.24, 2.45) is 0 Å². The maximum absolute atomic E-state index is 13.6. The molecule has 9 heteroatoms. The summed E-state index contributed by atoms with van der Waals surface area (Å²) in [6, 6.07) is 5.88. The van der Waals surface area contributed by atoms with Gasteiger partial charge in [-0.05, 0) is 62.9 Å². The Morgan fingerprint density at radius 3 is 2.30 bits per heavy atom. The quantitative estimate of drug-likeness (QED) is 0.309. The largest absolute Gasteiger partial charge is 0.469 e. The zero-order chi connectivity index (χ0) is 30.9. The maximum atomic E-state index is 13.6. The number of H-pyrrole nitrogens is 2. The van der Waals surface area contributed by atoms with Crippen molar-refractivity contribution in [3.8, 4) is 0 Å². The van der Waals surface area contributed by atoms with Gasteiger partial charge in [-0.1, -0.05) is 20.8 Å². The van der Waals surface area contributed by atoms with Crippen LogP contribution in [-0.4, -0.2) is 50.4 Å². The second-order valence-corrected chi connectivity index (χ2v) is 12.1. The van der Waals surface area contributed by atoms with E-state index in [1.165, 1.54) is 7.11 Å². The molecule has 0 spiro atoms. The lowest BCUT2D eigenvalue weighted by molar-refractivity contribution is -0.140. The van der Waals surface area contributed by atoms with Gasteiger partial charge in [0, 0.05) is 58.3 Å². The van der Waals surface area contributed by atoms with Crippen molar-refractivity contribution >= 4 is 45.5 Å². The summed E-state index contributed by atoms with van der Waals surface area (Å²) < 4.78 is 4.90. The second-order valence-electron chi connectivity index (χ2n) is 12.1. The van der Waals surface area contributed by atoms with Crippen LogP contribution >= 0.6 is 0 Å². The first-order chi connectivity index (χ1) is 20.5. The molecule has 43 heavy (non-hydrogen) atoms. The number of esters is 1. The number of fused-ring (bicyclic) bond motifs is 8. The highest BCUT2D eigenvalue weighted by Gasteiger charge is 2.41. The number of aromatic amines is 2. The molecule has 9 nitrogen and oxygen atoms in total. The van der Waals surface area contributed by atoms with E-state index >= 15 is 0 Å². The van der Waals surface area contributed by atoms with Gasteiger partial charge in [0.25, 0.3) is 0 Å². The zero-order valence-corrected chi connectivity index (χ0v) is 25.6. The molecule has 0 amide bonds. The molecule has 0 saturated carbocycles. The van der Waals surface area contributed by atoms with Crippen LogP contribution in [0.4, 0.5) is 0 Å². The fraction of sp³-hybridized carbons (Fsp3) is 0.412. The molecule has 0 aromatic carbocycles. The van der Waals surface area contributed by atoms with Crippen LogP contribution in [0.25, 0.3) is 22.2 Å². The van der Waals surface area contributed by atoms with Crippen molar-refractivity contribution < 1.29 is 23.9 Å². The Balaban J connectivity index is 1.74. The predicted octanol–water partition coefficient (Wildman–Crippen LogP) is 6.38. The highest BCUT2D eigenvalue weighted by Crippen LogP contribution is 2.45. The van der Waals surface area contributed by atoms with Crippen LogP contribution < -0.4 is 0 Å². The van der Waals surface area contributed by atoms with Crippen LogP contribution in [0, 0.1) is 6.92 Å². The van der Waals surface area contributed by atoms with Crippen LogP contribution in [0.3, 0.4) is 0 Å². The summed E-state index contributed by atoms with van der Waals surface area (Å²) in [5.74, 6) is -1.73. The number of methoxy groups -OCH3 is 1. The number of aromatic nitrogens is 4. The number of Topliss-reactive ketones (excluding diaryl/α,β-unsaturated/α-hetero) is 3. The number of ether oxygens (including phenoxy) is 1. The zero-order valence-electron chi connectivity index (χ0n) is 25.6. The minimum Gasteiger partial charge on any atom is -0.469 e. The van der Waals surface area contributed by atoms with E-state index in [0.29, 0.717) is 51.4 Å². The van der Waals surface area contributed by atoms with E-state index in [4.69, 9.17) is 14.7 Å². The molecule has 2 N–H and O–H groups in total. The third-order valence-electron chi connectivity index (χ3n) is 9.72. The summed E-state index contributed by atoms with van der Waals surface area (Å²) in [5.41, 5.74) is 8.32. The van der Waals surface area contributed by atoms with E-state index in [-0.39, 0.29) is 47.4 Å². The highest BCUT2D eigenvalue weighted by atomic mass is 16.5. The van der Waals surface area contributed by atoms with E-state index in [1.807, 2.05) is 39.0 Å². The lowest BCUT2D eigenvalue weighted by atomic mass is 9.85. The lowest BCUT2D eigenvalue weighted by Gasteiger charge is -2.16. The Morgan fingerprint density at radius 2 is 1.63 bits per heavy atom. The molecule has 2 aromatic rings. The van der Waals surface area contributed by atoms with E-state index < -0.39 is 11.6 Å². The van der Waals surface area contributed by atoms with Gasteiger partial charge in [-0.25, -0.2) is 4.98 Å². The fourth-order valence-electron chi connectivity index (χ4n) is 7.21. The molecule has 0 saturated heterocycles. The highest BCUT2D eigenvalue weighted by molar-refractivity contribution is 6.56. The van der Waals surface area contributed by atoms with Crippen molar-refractivity contribution in [1.29, 1.82) is 0 Å². The van der Waals surface area contributed by atoms with Gasteiger partial charge in [0.2, 0.25) is 11.6 Å². The van der Waals surface area contributed by atoms with Gasteiger partial charge in [-0.3, -0.25) is 24.2 Å². The van der Waals surface area contributed by atoms with Crippen LogP contribution in [0.5, 0.6) is 0 Å². The molecule has 222 valence electrons. The average Bonchev–Trinajstić information content (AvgIpc) is 3.69. The Bertz CT molecular complexity index is 1860. The number of allylic oxidation sites excluding steroid dienone is 2. The number of nitrogens with zero attached hydrogens (tertiary/aromatic N) is 2. The normalized spacial score (nSPS) is 21.8. The van der Waals surface area contributed by atoms with Gasteiger partial charge in [-0.15, -0.1) is 0 Å². The minimum absolute atomic E-state index is 0.0696. The van der Waals surface area contributed by atoms with Gasteiger partial charge < -0.3 is 14.7 Å². The molecule has 4 atom stereocenters. The Hall–Kier alpha value is -4.40. The molecule has 4 aliphatic rings. The smallest absolute Gasteiger partial charge is 0.305 e. The molecule has 4 unspecified atom stereocenters. The number of rotatable bonds is 5. The first-order valence-corrected chi connectivity index (χ1v) is 14.9. The van der Waals surface area contributed by atoms with Crippen molar-refractivity contribution in [1.82, 2.24) is 19.9 Å². The molecule has 6 rings (SSSR count). The van der Waals surface area contributed by atoms with Crippen molar-refractivity contribution in [2.45, 2.75) is 84.5 Å². The number of nitrogens with one attached hydrogen (secondary N) is 2. The number of hydrogen-bond acceptors (Lipinski definition) is 7.